The Hall–Kier alpha value is -1.91. The Morgan fingerprint density at radius 3 is 2.59 bits per heavy atom. The van der Waals surface area contributed by atoms with E-state index >= 15 is 0 Å². The molecule has 5 nitrogen and oxygen atoms in total. The van der Waals surface area contributed by atoms with Crippen molar-refractivity contribution in [2.75, 3.05) is 5.32 Å². The third kappa shape index (κ3) is 3.03. The predicted molar refractivity (Wildman–Crippen MR) is 64.0 cm³/mol. The van der Waals surface area contributed by atoms with E-state index in [0.29, 0.717) is 12.8 Å². The Balaban J connectivity index is 1.98. The van der Waals surface area contributed by atoms with Crippen LogP contribution in [0.4, 0.5) is 11.4 Å². The molecule has 1 fully saturated rings. The number of carbonyl (C=O) groups is 1. The van der Waals surface area contributed by atoms with Gasteiger partial charge in [0.15, 0.2) is 0 Å². The highest BCUT2D eigenvalue weighted by molar-refractivity contribution is 5.80. The zero-order valence-electron chi connectivity index (χ0n) is 9.39. The lowest BCUT2D eigenvalue weighted by Gasteiger charge is -2.22. The first-order valence-corrected chi connectivity index (χ1v) is 5.68. The average Bonchev–Trinajstić information content (AvgIpc) is 2.29. The summed E-state index contributed by atoms with van der Waals surface area (Å²) in [4.78, 5) is 21.3. The maximum atomic E-state index is 11.3. The van der Waals surface area contributed by atoms with Gasteiger partial charge in [-0.3, -0.25) is 14.9 Å². The molecule has 0 spiro atoms. The molecule has 0 aliphatic heterocycles. The molecule has 1 unspecified atom stereocenters. The number of carbonyl (C=O) groups excluding carboxylic acids is 1. The van der Waals surface area contributed by atoms with Crippen LogP contribution in [0.3, 0.4) is 0 Å². The Morgan fingerprint density at radius 1 is 1.29 bits per heavy atom. The minimum absolute atomic E-state index is 0.0790. The van der Waals surface area contributed by atoms with Crippen LogP contribution >= 0.6 is 0 Å². The van der Waals surface area contributed by atoms with Crippen LogP contribution in [0.1, 0.15) is 25.7 Å². The van der Waals surface area contributed by atoms with Crippen molar-refractivity contribution < 1.29 is 9.72 Å². The van der Waals surface area contributed by atoms with Crippen molar-refractivity contribution in [1.29, 1.82) is 0 Å². The van der Waals surface area contributed by atoms with Gasteiger partial charge < -0.3 is 5.32 Å². The molecule has 1 atom stereocenters. The molecule has 0 saturated heterocycles. The lowest BCUT2D eigenvalue weighted by molar-refractivity contribution is -0.384. The fraction of sp³-hybridized carbons (Fsp3) is 0.417. The maximum absolute atomic E-state index is 11.3. The number of ketones is 1. The minimum Gasteiger partial charge on any atom is -0.382 e. The van der Waals surface area contributed by atoms with Gasteiger partial charge in [0, 0.05) is 36.7 Å². The molecule has 90 valence electrons. The number of nitrogens with zero attached hydrogens (tertiary/aromatic N) is 1. The first kappa shape index (κ1) is 11.6. The standard InChI is InChI=1S/C12H14N2O3/c15-12-3-1-2-10(8-12)13-9-4-6-11(7-5-9)14(16)17/h4-7,10,13H,1-3,8H2. The van der Waals surface area contributed by atoms with E-state index in [2.05, 4.69) is 5.32 Å². The zero-order chi connectivity index (χ0) is 12.3. The summed E-state index contributed by atoms with van der Waals surface area (Å²) in [5, 5.41) is 13.7. The van der Waals surface area contributed by atoms with E-state index in [1.165, 1.54) is 12.1 Å². The lowest BCUT2D eigenvalue weighted by atomic mass is 9.94. The van der Waals surface area contributed by atoms with Crippen molar-refractivity contribution in [2.24, 2.45) is 0 Å². The fourth-order valence-corrected chi connectivity index (χ4v) is 2.06. The number of nitro groups is 1. The normalized spacial score (nSPS) is 20.0. The van der Waals surface area contributed by atoms with Crippen LogP contribution in [0.5, 0.6) is 0 Å². The number of hydrogen-bond acceptors (Lipinski definition) is 4. The second kappa shape index (κ2) is 4.95. The maximum Gasteiger partial charge on any atom is 0.269 e. The molecule has 1 saturated carbocycles. The van der Waals surface area contributed by atoms with Gasteiger partial charge in [-0.15, -0.1) is 0 Å². The summed E-state index contributed by atoms with van der Waals surface area (Å²) in [5.74, 6) is 0.288. The lowest BCUT2D eigenvalue weighted by Crippen LogP contribution is -2.27. The second-order valence-corrected chi connectivity index (χ2v) is 4.28. The van der Waals surface area contributed by atoms with Gasteiger partial charge in [0.2, 0.25) is 0 Å². The molecule has 17 heavy (non-hydrogen) atoms. The van der Waals surface area contributed by atoms with Gasteiger partial charge >= 0.3 is 0 Å². The van der Waals surface area contributed by atoms with Crippen LogP contribution < -0.4 is 5.32 Å². The van der Waals surface area contributed by atoms with Crippen LogP contribution in [0.2, 0.25) is 0 Å². The molecule has 5 heteroatoms. The van der Waals surface area contributed by atoms with Gasteiger partial charge in [-0.1, -0.05) is 0 Å². The smallest absolute Gasteiger partial charge is 0.269 e. The Morgan fingerprint density at radius 2 is 2.00 bits per heavy atom. The first-order valence-electron chi connectivity index (χ1n) is 5.68. The molecule has 0 heterocycles. The Kier molecular flexibility index (Phi) is 3.37. The molecule has 2 rings (SSSR count). The van der Waals surface area contributed by atoms with Crippen molar-refractivity contribution in [1.82, 2.24) is 0 Å². The third-order valence-corrected chi connectivity index (χ3v) is 2.93. The van der Waals surface area contributed by atoms with Gasteiger partial charge in [0.1, 0.15) is 5.78 Å². The average molecular weight is 234 g/mol. The van der Waals surface area contributed by atoms with Crippen LogP contribution in [-0.4, -0.2) is 16.7 Å². The summed E-state index contributed by atoms with van der Waals surface area (Å²) in [6, 6.07) is 6.45. The second-order valence-electron chi connectivity index (χ2n) is 4.28. The molecule has 0 aromatic heterocycles. The third-order valence-electron chi connectivity index (χ3n) is 2.93. The van der Waals surface area contributed by atoms with E-state index in [1.807, 2.05) is 0 Å². The molecular formula is C12H14N2O3. The van der Waals surface area contributed by atoms with Crippen LogP contribution in [0, 0.1) is 10.1 Å². The quantitative estimate of drug-likeness (QED) is 0.644. The monoisotopic (exact) mass is 234 g/mol. The minimum atomic E-state index is -0.423. The summed E-state index contributed by atoms with van der Waals surface area (Å²) in [7, 11) is 0. The molecule has 1 aliphatic carbocycles. The van der Waals surface area contributed by atoms with Crippen LogP contribution in [0.25, 0.3) is 0 Å². The molecule has 0 amide bonds. The molecule has 1 N–H and O–H groups in total. The van der Waals surface area contributed by atoms with Gasteiger partial charge in [-0.25, -0.2) is 0 Å². The largest absolute Gasteiger partial charge is 0.382 e. The highest BCUT2D eigenvalue weighted by atomic mass is 16.6. The highest BCUT2D eigenvalue weighted by Gasteiger charge is 2.19. The van der Waals surface area contributed by atoms with Crippen molar-refractivity contribution in [3.63, 3.8) is 0 Å². The molecular weight excluding hydrogens is 220 g/mol. The Labute approximate surface area is 99.0 Å². The first-order chi connectivity index (χ1) is 8.15. The SMILES string of the molecule is O=C1CCCC(Nc2ccc([N+](=O)[O-])cc2)C1. The number of nitro benzene ring substituents is 1. The molecule has 1 aromatic rings. The van der Waals surface area contributed by atoms with E-state index in [-0.39, 0.29) is 17.5 Å². The summed E-state index contributed by atoms with van der Waals surface area (Å²) in [6.07, 6.45) is 3.13. The predicted octanol–water partition coefficient (Wildman–Crippen LogP) is 2.52. The van der Waals surface area contributed by atoms with E-state index in [0.717, 1.165) is 18.5 Å². The molecule has 0 bridgehead atoms. The van der Waals surface area contributed by atoms with E-state index in [9.17, 15) is 14.9 Å². The van der Waals surface area contributed by atoms with Crippen LogP contribution in [0.15, 0.2) is 24.3 Å². The topological polar surface area (TPSA) is 72.2 Å². The molecule has 1 aromatic carbocycles. The fourth-order valence-electron chi connectivity index (χ4n) is 2.06. The van der Waals surface area contributed by atoms with E-state index < -0.39 is 4.92 Å². The van der Waals surface area contributed by atoms with Gasteiger partial charge in [0.25, 0.3) is 5.69 Å². The number of Topliss-reactive ketones (excluding diaryl/α,β-unsaturated/α-hetero) is 1. The zero-order valence-corrected chi connectivity index (χ0v) is 9.39. The molecule has 1 aliphatic rings. The number of hydrogen-bond donors (Lipinski definition) is 1. The number of benzene rings is 1. The summed E-state index contributed by atoms with van der Waals surface area (Å²) in [5.41, 5.74) is 0.908. The van der Waals surface area contributed by atoms with Crippen molar-refractivity contribution in [2.45, 2.75) is 31.7 Å². The van der Waals surface area contributed by atoms with Crippen molar-refractivity contribution in [3.8, 4) is 0 Å². The summed E-state index contributed by atoms with van der Waals surface area (Å²) in [6.45, 7) is 0. The summed E-state index contributed by atoms with van der Waals surface area (Å²) < 4.78 is 0. The van der Waals surface area contributed by atoms with Gasteiger partial charge in [-0.2, -0.15) is 0 Å². The van der Waals surface area contributed by atoms with Crippen molar-refractivity contribution >= 4 is 17.2 Å². The summed E-state index contributed by atoms with van der Waals surface area (Å²) >= 11 is 0. The highest BCUT2D eigenvalue weighted by Crippen LogP contribution is 2.21. The van der Waals surface area contributed by atoms with E-state index in [4.69, 9.17) is 0 Å². The number of nitrogens with one attached hydrogen (secondary N) is 1. The van der Waals surface area contributed by atoms with Crippen LogP contribution in [-0.2, 0) is 4.79 Å². The number of non-ortho nitro benzene ring substituents is 1. The number of anilines is 1. The molecule has 0 radical (unpaired) electrons. The number of rotatable bonds is 3. The Bertz CT molecular complexity index is 428. The van der Waals surface area contributed by atoms with E-state index in [1.54, 1.807) is 12.1 Å². The van der Waals surface area contributed by atoms with Gasteiger partial charge in [-0.05, 0) is 25.0 Å². The van der Waals surface area contributed by atoms with Gasteiger partial charge in [0.05, 0.1) is 4.92 Å². The van der Waals surface area contributed by atoms with Crippen molar-refractivity contribution in [3.05, 3.63) is 34.4 Å².